The number of hydrogen-bond donors (Lipinski definition) is 1. The Morgan fingerprint density at radius 3 is 2.66 bits per heavy atom. The number of aryl methyl sites for hydroxylation is 1. The topological polar surface area (TPSA) is 162 Å². The average molecular weight is 461 g/mol. The minimum atomic E-state index is -3.19. The number of nitrogens with zero attached hydrogens (tertiary/aromatic N) is 4. The van der Waals surface area contributed by atoms with E-state index in [1.54, 1.807) is 13.0 Å². The molecule has 2 aliphatic rings. The number of sulfone groups is 1. The normalized spacial score (nSPS) is 20.3. The Morgan fingerprint density at radius 1 is 1.31 bits per heavy atom. The number of carbonyl (C=O) groups excluding carboxylic acids is 3. The van der Waals surface area contributed by atoms with Gasteiger partial charge in [-0.15, -0.1) is 0 Å². The number of amides is 3. The third kappa shape index (κ3) is 3.53. The Balaban J connectivity index is 1.58. The van der Waals surface area contributed by atoms with E-state index >= 15 is 0 Å². The molecule has 32 heavy (non-hydrogen) atoms. The van der Waals surface area contributed by atoms with Crippen molar-refractivity contribution in [2.45, 2.75) is 32.4 Å². The van der Waals surface area contributed by atoms with Crippen LogP contribution in [0.1, 0.15) is 45.8 Å². The van der Waals surface area contributed by atoms with Gasteiger partial charge in [0.1, 0.15) is 17.4 Å². The lowest BCUT2D eigenvalue weighted by Gasteiger charge is -2.22. The molecule has 2 atom stereocenters. The van der Waals surface area contributed by atoms with Crippen LogP contribution >= 0.6 is 0 Å². The number of hydrogen-bond acceptors (Lipinski definition) is 8. The quantitative estimate of drug-likeness (QED) is 0.393. The van der Waals surface area contributed by atoms with E-state index in [0.717, 1.165) is 6.07 Å². The summed E-state index contributed by atoms with van der Waals surface area (Å²) in [7, 11) is -3.19. The lowest BCUT2D eigenvalue weighted by Crippen LogP contribution is -2.45. The molecule has 3 amide bonds. The number of nitro benzene ring substituents is 1. The van der Waals surface area contributed by atoms with E-state index in [4.69, 9.17) is 0 Å². The fraction of sp³-hybridized carbons (Fsp3) is 0.368. The van der Waals surface area contributed by atoms with E-state index in [9.17, 15) is 32.9 Å². The standard InChI is InChI=1S/C19H19N5O7S/c1-10-8-15(23(21-10)12-6-7-32(30,31)9-12)20-17(25)11(2)22-18(26)13-4-3-5-14(24(28)29)16(13)19(22)27/h3-5,8,11-12H,6-7,9H2,1-2H3,(H,20,25). The second kappa shape index (κ2) is 7.51. The van der Waals surface area contributed by atoms with E-state index < -0.39 is 50.3 Å². The molecule has 0 spiro atoms. The molecule has 168 valence electrons. The maximum Gasteiger partial charge on any atom is 0.282 e. The first-order valence-corrected chi connectivity index (χ1v) is 11.5. The summed E-state index contributed by atoms with van der Waals surface area (Å²) < 4.78 is 25.1. The Labute approximate surface area is 182 Å². The highest BCUT2D eigenvalue weighted by Gasteiger charge is 2.45. The van der Waals surface area contributed by atoms with Gasteiger partial charge in [-0.25, -0.2) is 13.1 Å². The van der Waals surface area contributed by atoms with Crippen LogP contribution in [0.15, 0.2) is 24.3 Å². The summed E-state index contributed by atoms with van der Waals surface area (Å²) in [6, 6.07) is 3.55. The van der Waals surface area contributed by atoms with Gasteiger partial charge in [0.15, 0.2) is 9.84 Å². The van der Waals surface area contributed by atoms with Crippen molar-refractivity contribution >= 4 is 39.1 Å². The molecule has 2 unspecified atom stereocenters. The fourth-order valence-corrected chi connectivity index (χ4v) is 5.69. The molecule has 0 radical (unpaired) electrons. The largest absolute Gasteiger partial charge is 0.309 e. The van der Waals surface area contributed by atoms with Crippen LogP contribution in [0.4, 0.5) is 11.5 Å². The summed E-state index contributed by atoms with van der Waals surface area (Å²) in [5.41, 5.74) is -0.444. The Bertz CT molecular complexity index is 1280. The third-order valence-corrected chi connectivity index (χ3v) is 7.30. The number of aromatic nitrogens is 2. The maximum atomic E-state index is 12.9. The van der Waals surface area contributed by atoms with Gasteiger partial charge in [0.2, 0.25) is 5.91 Å². The van der Waals surface area contributed by atoms with Gasteiger partial charge in [-0.05, 0) is 26.3 Å². The molecule has 12 nitrogen and oxygen atoms in total. The molecule has 2 aromatic rings. The highest BCUT2D eigenvalue weighted by atomic mass is 32.2. The average Bonchev–Trinajstić information content (AvgIpc) is 3.35. The SMILES string of the molecule is Cc1cc(NC(=O)C(C)N2C(=O)c3cccc([N+](=O)[O-])c3C2=O)n(C2CCS(=O)(=O)C2)n1. The van der Waals surface area contributed by atoms with Gasteiger partial charge in [0.05, 0.1) is 33.7 Å². The molecule has 1 aromatic carbocycles. The highest BCUT2D eigenvalue weighted by molar-refractivity contribution is 7.91. The molecule has 13 heteroatoms. The van der Waals surface area contributed by atoms with Crippen molar-refractivity contribution in [1.82, 2.24) is 14.7 Å². The van der Waals surface area contributed by atoms with Crippen LogP contribution in [0.2, 0.25) is 0 Å². The zero-order chi connectivity index (χ0) is 23.4. The van der Waals surface area contributed by atoms with Gasteiger partial charge in [0.25, 0.3) is 17.5 Å². The molecule has 4 rings (SSSR count). The Hall–Kier alpha value is -3.61. The number of nitro groups is 1. The zero-order valence-corrected chi connectivity index (χ0v) is 18.0. The summed E-state index contributed by atoms with van der Waals surface area (Å²) in [5.74, 6) is -2.29. The first-order chi connectivity index (χ1) is 15.0. The molecule has 1 N–H and O–H groups in total. The van der Waals surface area contributed by atoms with Crippen LogP contribution in [0.5, 0.6) is 0 Å². The number of benzene rings is 1. The molecule has 2 aliphatic heterocycles. The predicted molar refractivity (Wildman–Crippen MR) is 111 cm³/mol. The molecule has 0 bridgehead atoms. The fourth-order valence-electron chi connectivity index (χ4n) is 3.99. The minimum absolute atomic E-state index is 0.0220. The maximum absolute atomic E-state index is 12.9. The van der Waals surface area contributed by atoms with Gasteiger partial charge in [0, 0.05) is 12.1 Å². The Morgan fingerprint density at radius 2 is 2.03 bits per heavy atom. The van der Waals surface area contributed by atoms with Crippen molar-refractivity contribution in [3.8, 4) is 0 Å². The monoisotopic (exact) mass is 461 g/mol. The molecule has 0 aliphatic carbocycles. The molecule has 1 aromatic heterocycles. The predicted octanol–water partition coefficient (Wildman–Crippen LogP) is 1.08. The number of rotatable bonds is 5. The Kier molecular flexibility index (Phi) is 5.07. The van der Waals surface area contributed by atoms with Crippen LogP contribution in [0, 0.1) is 17.0 Å². The van der Waals surface area contributed by atoms with Gasteiger partial charge in [-0.1, -0.05) is 6.07 Å². The van der Waals surface area contributed by atoms with Gasteiger partial charge < -0.3 is 5.32 Å². The van der Waals surface area contributed by atoms with E-state index in [1.807, 2.05) is 0 Å². The molecule has 0 saturated carbocycles. The summed E-state index contributed by atoms with van der Waals surface area (Å²) in [4.78, 5) is 49.7. The number of imide groups is 1. The number of nitrogens with one attached hydrogen (secondary N) is 1. The number of anilines is 1. The van der Waals surface area contributed by atoms with E-state index in [-0.39, 0.29) is 28.5 Å². The lowest BCUT2D eigenvalue weighted by molar-refractivity contribution is -0.385. The zero-order valence-electron chi connectivity index (χ0n) is 17.1. The summed E-state index contributed by atoms with van der Waals surface area (Å²) in [6.45, 7) is 3.01. The van der Waals surface area contributed by atoms with Crippen molar-refractivity contribution < 1.29 is 27.7 Å². The van der Waals surface area contributed by atoms with Crippen molar-refractivity contribution in [2.75, 3.05) is 16.8 Å². The first kappa shape index (κ1) is 21.6. The summed E-state index contributed by atoms with van der Waals surface area (Å²) >= 11 is 0. The van der Waals surface area contributed by atoms with Crippen LogP contribution in [-0.2, 0) is 14.6 Å². The molecule has 1 saturated heterocycles. The molecular weight excluding hydrogens is 442 g/mol. The van der Waals surface area contributed by atoms with Gasteiger partial charge in [-0.2, -0.15) is 5.10 Å². The second-order valence-electron chi connectivity index (χ2n) is 7.77. The third-order valence-electron chi connectivity index (χ3n) is 5.55. The molecular formula is C19H19N5O7S. The van der Waals surface area contributed by atoms with Crippen LogP contribution in [0.25, 0.3) is 0 Å². The van der Waals surface area contributed by atoms with E-state index in [1.165, 1.54) is 23.7 Å². The van der Waals surface area contributed by atoms with Crippen LogP contribution in [-0.4, -0.2) is 63.3 Å². The summed E-state index contributed by atoms with van der Waals surface area (Å²) in [6.07, 6.45) is 0.351. The van der Waals surface area contributed by atoms with Gasteiger partial charge >= 0.3 is 0 Å². The van der Waals surface area contributed by atoms with Crippen molar-refractivity contribution in [3.05, 3.63) is 51.2 Å². The van der Waals surface area contributed by atoms with Crippen molar-refractivity contribution in [2.24, 2.45) is 0 Å². The minimum Gasteiger partial charge on any atom is -0.309 e. The van der Waals surface area contributed by atoms with E-state index in [2.05, 4.69) is 10.4 Å². The first-order valence-electron chi connectivity index (χ1n) is 9.73. The van der Waals surface area contributed by atoms with Crippen LogP contribution < -0.4 is 5.32 Å². The summed E-state index contributed by atoms with van der Waals surface area (Å²) in [5, 5.41) is 18.1. The van der Waals surface area contributed by atoms with Crippen LogP contribution in [0.3, 0.4) is 0 Å². The van der Waals surface area contributed by atoms with Crippen molar-refractivity contribution in [1.29, 1.82) is 0 Å². The smallest absolute Gasteiger partial charge is 0.282 e. The molecule has 1 fully saturated rings. The van der Waals surface area contributed by atoms with E-state index in [0.29, 0.717) is 17.0 Å². The van der Waals surface area contributed by atoms with Crippen molar-refractivity contribution in [3.63, 3.8) is 0 Å². The van der Waals surface area contributed by atoms with Gasteiger partial charge in [-0.3, -0.25) is 29.4 Å². The highest BCUT2D eigenvalue weighted by Crippen LogP contribution is 2.32. The second-order valence-corrected chi connectivity index (χ2v) is 10.0. The molecule has 3 heterocycles. The number of fused-ring (bicyclic) bond motifs is 1. The lowest BCUT2D eigenvalue weighted by atomic mass is 10.1. The number of carbonyl (C=O) groups is 3.